The van der Waals surface area contributed by atoms with E-state index in [4.69, 9.17) is 7.85 Å². The summed E-state index contributed by atoms with van der Waals surface area (Å²) in [6.07, 6.45) is 2.40. The van der Waals surface area contributed by atoms with Crippen LogP contribution in [0.25, 0.3) is 0 Å². The summed E-state index contributed by atoms with van der Waals surface area (Å²) in [6.45, 7) is 0. The average Bonchev–Trinajstić information content (AvgIpc) is 2.44. The van der Waals surface area contributed by atoms with Crippen molar-refractivity contribution >= 4 is 13.6 Å². The van der Waals surface area contributed by atoms with Gasteiger partial charge < -0.3 is 4.79 Å². The molecule has 2 radical (unpaired) electrons. The van der Waals surface area contributed by atoms with Crippen LogP contribution in [0.1, 0.15) is 12.8 Å². The maximum atomic E-state index is 10.4. The Hall–Kier alpha value is -0.265. The highest BCUT2D eigenvalue weighted by Gasteiger charge is 2.27. The molecular formula is C5H7BO. The van der Waals surface area contributed by atoms with Crippen molar-refractivity contribution in [1.29, 1.82) is 0 Å². The fourth-order valence-corrected chi connectivity index (χ4v) is 0.572. The molecule has 0 heterocycles. The second-order valence-corrected chi connectivity index (χ2v) is 1.94. The third kappa shape index (κ3) is 1.05. The predicted molar refractivity (Wildman–Crippen MR) is 28.3 cm³/mol. The lowest BCUT2D eigenvalue weighted by atomic mass is 9.98. The second-order valence-electron chi connectivity index (χ2n) is 1.94. The van der Waals surface area contributed by atoms with Crippen molar-refractivity contribution in [2.24, 2.45) is 5.92 Å². The first-order chi connectivity index (χ1) is 3.34. The second kappa shape index (κ2) is 1.69. The van der Waals surface area contributed by atoms with Gasteiger partial charge in [0.05, 0.1) is 7.85 Å². The lowest BCUT2D eigenvalue weighted by molar-refractivity contribution is -0.118. The molecule has 1 fully saturated rings. The Kier molecular flexibility index (Phi) is 1.18. The van der Waals surface area contributed by atoms with Crippen LogP contribution in [0, 0.1) is 5.92 Å². The molecule has 0 bridgehead atoms. The normalized spacial score (nSPS) is 19.4. The summed E-state index contributed by atoms with van der Waals surface area (Å²) in [4.78, 5) is 10.4. The minimum atomic E-state index is 0.236. The summed E-state index contributed by atoms with van der Waals surface area (Å²) >= 11 is 0. The van der Waals surface area contributed by atoms with Crippen molar-refractivity contribution < 1.29 is 4.79 Å². The summed E-state index contributed by atoms with van der Waals surface area (Å²) < 4.78 is 0. The number of rotatable bonds is 2. The molecule has 7 heavy (non-hydrogen) atoms. The quantitative estimate of drug-likeness (QED) is 0.456. The molecule has 0 aromatic rings. The molecule has 1 rings (SSSR count). The lowest BCUT2D eigenvalue weighted by Gasteiger charge is -1.84. The van der Waals surface area contributed by atoms with E-state index in [0.29, 0.717) is 5.92 Å². The lowest BCUT2D eigenvalue weighted by Crippen LogP contribution is -1.96. The van der Waals surface area contributed by atoms with Crippen LogP contribution in [0.4, 0.5) is 0 Å². The van der Waals surface area contributed by atoms with Crippen LogP contribution in [0.2, 0.25) is 6.32 Å². The molecule has 1 aliphatic carbocycles. The summed E-state index contributed by atoms with van der Waals surface area (Å²) in [5, 5.41) is 0. The Morgan fingerprint density at radius 2 is 2.29 bits per heavy atom. The van der Waals surface area contributed by atoms with Crippen LogP contribution in [0.5, 0.6) is 0 Å². The van der Waals surface area contributed by atoms with Crippen molar-refractivity contribution in [3.8, 4) is 0 Å². The minimum absolute atomic E-state index is 0.236. The molecule has 0 atom stereocenters. The highest BCUT2D eigenvalue weighted by molar-refractivity contribution is 6.20. The topological polar surface area (TPSA) is 17.1 Å². The minimum Gasteiger partial charge on any atom is -0.300 e. The maximum absolute atomic E-state index is 10.4. The first-order valence-corrected chi connectivity index (χ1v) is 2.57. The van der Waals surface area contributed by atoms with Gasteiger partial charge in [-0.25, -0.2) is 0 Å². The zero-order valence-corrected chi connectivity index (χ0v) is 4.18. The smallest absolute Gasteiger partial charge is 0.127 e. The van der Waals surface area contributed by atoms with Gasteiger partial charge in [-0.1, -0.05) is 0 Å². The van der Waals surface area contributed by atoms with Gasteiger partial charge in [0.15, 0.2) is 0 Å². The molecule has 36 valence electrons. The molecule has 0 unspecified atom stereocenters. The fraction of sp³-hybridized carbons (Fsp3) is 0.800. The molecule has 1 aliphatic rings. The highest BCUT2D eigenvalue weighted by Crippen LogP contribution is 2.30. The molecule has 0 aliphatic heterocycles. The Bertz CT molecular complexity index is 86.1. The fourth-order valence-electron chi connectivity index (χ4n) is 0.572. The van der Waals surface area contributed by atoms with Crippen LogP contribution in [0.15, 0.2) is 0 Å². The average molecular weight is 93.9 g/mol. The van der Waals surface area contributed by atoms with E-state index >= 15 is 0 Å². The Balaban J connectivity index is 2.24. The van der Waals surface area contributed by atoms with Crippen molar-refractivity contribution in [1.82, 2.24) is 0 Å². The number of carbonyl (C=O) groups excluding carboxylic acids is 1. The van der Waals surface area contributed by atoms with E-state index in [1.54, 1.807) is 0 Å². The number of hydrogen-bond acceptors (Lipinski definition) is 1. The number of Topliss-reactive ketones (excluding diaryl/α,β-unsaturated/α-hetero) is 1. The van der Waals surface area contributed by atoms with E-state index in [1.165, 1.54) is 0 Å². The monoisotopic (exact) mass is 94.1 g/mol. The van der Waals surface area contributed by atoms with Gasteiger partial charge in [0.2, 0.25) is 0 Å². The Morgan fingerprint density at radius 1 is 1.71 bits per heavy atom. The van der Waals surface area contributed by atoms with Crippen molar-refractivity contribution in [2.45, 2.75) is 19.2 Å². The molecule has 2 heteroatoms. The zero-order valence-electron chi connectivity index (χ0n) is 4.18. The van der Waals surface area contributed by atoms with Crippen molar-refractivity contribution in [3.05, 3.63) is 0 Å². The molecule has 1 nitrogen and oxygen atoms in total. The van der Waals surface area contributed by atoms with Crippen molar-refractivity contribution in [3.63, 3.8) is 0 Å². The van der Waals surface area contributed by atoms with Gasteiger partial charge in [0.1, 0.15) is 5.78 Å². The number of hydrogen-bond donors (Lipinski definition) is 0. The number of ketones is 1. The van der Waals surface area contributed by atoms with Gasteiger partial charge in [-0.05, 0) is 19.2 Å². The zero-order chi connectivity index (χ0) is 5.28. The third-order valence-electron chi connectivity index (χ3n) is 1.23. The van der Waals surface area contributed by atoms with Crippen LogP contribution in [-0.2, 0) is 4.79 Å². The van der Waals surface area contributed by atoms with Gasteiger partial charge in [-0.3, -0.25) is 0 Å². The number of carbonyl (C=O) groups is 1. The van der Waals surface area contributed by atoms with E-state index in [1.807, 2.05) is 0 Å². The Labute approximate surface area is 44.5 Å². The van der Waals surface area contributed by atoms with Crippen LogP contribution < -0.4 is 0 Å². The summed E-state index contributed by atoms with van der Waals surface area (Å²) in [5.41, 5.74) is 0. The van der Waals surface area contributed by atoms with E-state index in [-0.39, 0.29) is 12.1 Å². The van der Waals surface area contributed by atoms with E-state index in [9.17, 15) is 4.79 Å². The third-order valence-corrected chi connectivity index (χ3v) is 1.23. The van der Waals surface area contributed by atoms with E-state index in [0.717, 1.165) is 12.8 Å². The predicted octanol–water partition coefficient (Wildman–Crippen LogP) is 0.552. The SMILES string of the molecule is [B]CC(=O)C1CC1. The maximum Gasteiger partial charge on any atom is 0.127 e. The summed E-state index contributed by atoms with van der Waals surface area (Å²) in [5.74, 6) is 0.588. The van der Waals surface area contributed by atoms with Gasteiger partial charge in [0.25, 0.3) is 0 Å². The molecule has 0 N–H and O–H groups in total. The highest BCUT2D eigenvalue weighted by atomic mass is 16.1. The van der Waals surface area contributed by atoms with Crippen LogP contribution >= 0.6 is 0 Å². The largest absolute Gasteiger partial charge is 0.300 e. The molecule has 0 aromatic heterocycles. The first kappa shape index (κ1) is 4.88. The van der Waals surface area contributed by atoms with Gasteiger partial charge in [-0.2, -0.15) is 0 Å². The van der Waals surface area contributed by atoms with Gasteiger partial charge in [-0.15, -0.1) is 0 Å². The van der Waals surface area contributed by atoms with Crippen molar-refractivity contribution in [2.75, 3.05) is 0 Å². The standard InChI is InChI=1S/C5H7BO/c6-3-5(7)4-1-2-4/h4H,1-3H2. The van der Waals surface area contributed by atoms with Crippen LogP contribution in [0.3, 0.4) is 0 Å². The van der Waals surface area contributed by atoms with Gasteiger partial charge in [0, 0.05) is 5.92 Å². The molecule has 0 aromatic carbocycles. The van der Waals surface area contributed by atoms with E-state index in [2.05, 4.69) is 0 Å². The van der Waals surface area contributed by atoms with Crippen LogP contribution in [-0.4, -0.2) is 13.6 Å². The molecule has 1 saturated carbocycles. The molecule has 0 saturated heterocycles. The summed E-state index contributed by atoms with van der Waals surface area (Å²) in [7, 11) is 5.06. The molecular weight excluding hydrogens is 86.9 g/mol. The van der Waals surface area contributed by atoms with E-state index < -0.39 is 0 Å². The Morgan fingerprint density at radius 3 is 2.43 bits per heavy atom. The first-order valence-electron chi connectivity index (χ1n) is 2.57. The molecule has 0 amide bonds. The molecule has 0 spiro atoms. The summed E-state index contributed by atoms with van der Waals surface area (Å²) in [6, 6.07) is 0. The van der Waals surface area contributed by atoms with Gasteiger partial charge >= 0.3 is 0 Å².